The van der Waals surface area contributed by atoms with Gasteiger partial charge in [0.25, 0.3) is 0 Å². The number of benzene rings is 3. The molecule has 4 rings (SSSR count). The lowest BCUT2D eigenvalue weighted by Gasteiger charge is -2.17. The van der Waals surface area contributed by atoms with E-state index in [0.29, 0.717) is 6.61 Å². The van der Waals surface area contributed by atoms with Gasteiger partial charge in [0, 0.05) is 20.7 Å². The molecule has 0 aliphatic carbocycles. The number of hydrogen-bond acceptors (Lipinski definition) is 3. The van der Waals surface area contributed by atoms with Crippen LogP contribution in [0.25, 0.3) is 20.2 Å². The smallest absolute Gasteiger partial charge is 0.199 e. The second-order valence-electron chi connectivity index (χ2n) is 8.53. The van der Waals surface area contributed by atoms with Gasteiger partial charge in [0.1, 0.15) is 5.75 Å². The van der Waals surface area contributed by atoms with Crippen LogP contribution in [0.1, 0.15) is 69.4 Å². The van der Waals surface area contributed by atoms with E-state index in [1.54, 1.807) is 11.3 Å². The molecule has 0 bridgehead atoms. The molecule has 3 heteroatoms. The Kier molecular flexibility index (Phi) is 7.59. The Labute approximate surface area is 194 Å². The molecule has 0 N–H and O–H groups in total. The first-order chi connectivity index (χ1) is 15.7. The van der Waals surface area contributed by atoms with Gasteiger partial charge < -0.3 is 4.74 Å². The maximum absolute atomic E-state index is 13.6. The van der Waals surface area contributed by atoms with Gasteiger partial charge in [0.2, 0.25) is 0 Å². The Morgan fingerprint density at radius 1 is 0.844 bits per heavy atom. The highest BCUT2D eigenvalue weighted by atomic mass is 32.1. The van der Waals surface area contributed by atoms with Crippen molar-refractivity contribution in [2.75, 3.05) is 6.61 Å². The van der Waals surface area contributed by atoms with Gasteiger partial charge in [0.05, 0.1) is 12.0 Å². The Hall–Kier alpha value is -2.65. The minimum atomic E-state index is 0.0782. The van der Waals surface area contributed by atoms with E-state index in [4.69, 9.17) is 4.74 Å². The molecule has 0 saturated carbocycles. The molecule has 2 nitrogen and oxygen atoms in total. The van der Waals surface area contributed by atoms with E-state index < -0.39 is 0 Å². The van der Waals surface area contributed by atoms with E-state index in [-0.39, 0.29) is 11.3 Å². The van der Waals surface area contributed by atoms with Gasteiger partial charge in [-0.05, 0) is 35.7 Å². The Bertz CT molecular complexity index is 1230. The van der Waals surface area contributed by atoms with Crippen LogP contribution in [0.3, 0.4) is 0 Å². The molecule has 1 heterocycles. The van der Waals surface area contributed by atoms with Gasteiger partial charge in [-0.3, -0.25) is 4.79 Å². The van der Waals surface area contributed by atoms with Crippen LogP contribution in [-0.4, -0.2) is 6.61 Å². The molecule has 166 valence electrons. The summed E-state index contributed by atoms with van der Waals surface area (Å²) >= 11 is 1.70. The number of unbranched alkanes of at least 4 members (excludes halogenated alkanes) is 5. The summed E-state index contributed by atoms with van der Waals surface area (Å²) in [5, 5.41) is 1.51. The van der Waals surface area contributed by atoms with Crippen molar-refractivity contribution in [3.63, 3.8) is 0 Å². The summed E-state index contributed by atoms with van der Waals surface area (Å²) in [6.07, 6.45) is 7.32. The maximum Gasteiger partial charge on any atom is 0.199 e. The summed E-state index contributed by atoms with van der Waals surface area (Å²) < 4.78 is 8.28. The fraction of sp³-hybridized carbons (Fsp3) is 0.345. The lowest BCUT2D eigenvalue weighted by atomic mass is 9.92. The van der Waals surface area contributed by atoms with Crippen molar-refractivity contribution in [2.24, 2.45) is 0 Å². The van der Waals surface area contributed by atoms with Crippen LogP contribution in [0.15, 0.2) is 71.5 Å². The average molecular weight is 445 g/mol. The van der Waals surface area contributed by atoms with Crippen LogP contribution >= 0.6 is 11.3 Å². The molecule has 3 aromatic carbocycles. The lowest BCUT2D eigenvalue weighted by Crippen LogP contribution is -2.08. The first-order valence-corrected chi connectivity index (χ1v) is 12.7. The summed E-state index contributed by atoms with van der Waals surface area (Å²) in [5.74, 6) is 0.924. The van der Waals surface area contributed by atoms with Crippen molar-refractivity contribution in [1.29, 1.82) is 0 Å². The van der Waals surface area contributed by atoms with Gasteiger partial charge in [-0.2, -0.15) is 0 Å². The summed E-state index contributed by atoms with van der Waals surface area (Å²) in [6.45, 7) is 5.11. The molecular formula is C29H32O2S. The first kappa shape index (κ1) is 22.5. The van der Waals surface area contributed by atoms with Gasteiger partial charge in [-0.15, -0.1) is 11.3 Å². The van der Waals surface area contributed by atoms with Gasteiger partial charge >= 0.3 is 0 Å². The predicted octanol–water partition coefficient (Wildman–Crippen LogP) is 8.31. The fourth-order valence-corrected chi connectivity index (χ4v) is 5.64. The zero-order valence-corrected chi connectivity index (χ0v) is 19.9. The van der Waals surface area contributed by atoms with Crippen molar-refractivity contribution in [3.8, 4) is 5.75 Å². The molecular weight excluding hydrogens is 412 g/mol. The third kappa shape index (κ3) is 4.88. The Morgan fingerprint density at radius 3 is 2.38 bits per heavy atom. The minimum Gasteiger partial charge on any atom is -0.493 e. The molecule has 32 heavy (non-hydrogen) atoms. The summed E-state index contributed by atoms with van der Waals surface area (Å²) in [5.41, 5.74) is 2.52. The lowest BCUT2D eigenvalue weighted by molar-refractivity contribution is 0.307. The van der Waals surface area contributed by atoms with E-state index in [1.165, 1.54) is 43.2 Å². The van der Waals surface area contributed by atoms with E-state index in [2.05, 4.69) is 44.2 Å². The van der Waals surface area contributed by atoms with Gasteiger partial charge in [-0.25, -0.2) is 0 Å². The highest BCUT2D eigenvalue weighted by Gasteiger charge is 2.18. The Morgan fingerprint density at radius 2 is 1.56 bits per heavy atom. The molecule has 4 aromatic rings. The summed E-state index contributed by atoms with van der Waals surface area (Å²) in [6, 6.07) is 22.6. The summed E-state index contributed by atoms with van der Waals surface area (Å²) in [7, 11) is 0. The number of ether oxygens (including phenoxy) is 1. The molecule has 1 unspecified atom stereocenters. The molecule has 0 aliphatic heterocycles. The molecule has 0 fully saturated rings. The normalized spacial score (nSPS) is 12.3. The molecule has 0 radical (unpaired) electrons. The molecule has 0 amide bonds. The minimum absolute atomic E-state index is 0.0782. The van der Waals surface area contributed by atoms with Crippen molar-refractivity contribution in [3.05, 3.63) is 88.1 Å². The zero-order valence-electron chi connectivity index (χ0n) is 19.1. The van der Waals surface area contributed by atoms with Crippen LogP contribution in [0, 0.1) is 0 Å². The topological polar surface area (TPSA) is 26.3 Å². The van der Waals surface area contributed by atoms with Gasteiger partial charge in [0.15, 0.2) is 5.43 Å². The standard InChI is InChI=1S/C29H32O2S/c1-3-4-5-6-7-13-20-31-25-19-18-23(21(2)22-14-9-8-10-15-22)29-27(25)28(30)24-16-11-12-17-26(24)32-29/h8-12,14-19,21H,3-7,13,20H2,1-2H3. The zero-order chi connectivity index (χ0) is 22.3. The van der Waals surface area contributed by atoms with Crippen LogP contribution in [0.5, 0.6) is 5.75 Å². The third-order valence-electron chi connectivity index (χ3n) is 6.24. The van der Waals surface area contributed by atoms with Crippen molar-refractivity contribution < 1.29 is 4.74 Å². The van der Waals surface area contributed by atoms with Crippen LogP contribution < -0.4 is 10.2 Å². The SMILES string of the molecule is CCCCCCCCOc1ccc(C(C)c2ccccc2)c2sc3ccccc3c(=O)c12. The van der Waals surface area contributed by atoms with E-state index in [1.807, 2.05) is 36.4 Å². The largest absolute Gasteiger partial charge is 0.493 e. The highest BCUT2D eigenvalue weighted by Crippen LogP contribution is 2.38. The molecule has 0 aliphatic rings. The quantitative estimate of drug-likeness (QED) is 0.182. The van der Waals surface area contributed by atoms with Gasteiger partial charge in [-0.1, -0.05) is 94.5 Å². The van der Waals surface area contributed by atoms with Crippen molar-refractivity contribution >= 4 is 31.5 Å². The van der Waals surface area contributed by atoms with Crippen LogP contribution in [0.4, 0.5) is 0 Å². The molecule has 0 spiro atoms. The second-order valence-corrected chi connectivity index (χ2v) is 9.59. The molecule has 1 aromatic heterocycles. The van der Waals surface area contributed by atoms with Crippen molar-refractivity contribution in [1.82, 2.24) is 0 Å². The van der Waals surface area contributed by atoms with Crippen LogP contribution in [-0.2, 0) is 0 Å². The summed E-state index contributed by atoms with van der Waals surface area (Å²) in [4.78, 5) is 13.6. The van der Waals surface area contributed by atoms with E-state index in [9.17, 15) is 4.79 Å². The average Bonchev–Trinajstić information content (AvgIpc) is 2.83. The number of rotatable bonds is 10. The Balaban J connectivity index is 1.70. The van der Waals surface area contributed by atoms with E-state index in [0.717, 1.165) is 32.3 Å². The van der Waals surface area contributed by atoms with Crippen molar-refractivity contribution in [2.45, 2.75) is 58.3 Å². The molecule has 0 saturated heterocycles. The fourth-order valence-electron chi connectivity index (χ4n) is 4.34. The maximum atomic E-state index is 13.6. The predicted molar refractivity (Wildman–Crippen MR) is 138 cm³/mol. The third-order valence-corrected chi connectivity index (χ3v) is 7.46. The highest BCUT2D eigenvalue weighted by molar-refractivity contribution is 7.24. The first-order valence-electron chi connectivity index (χ1n) is 11.9. The second kappa shape index (κ2) is 10.8. The number of fused-ring (bicyclic) bond motifs is 2. The molecule has 1 atom stereocenters. The van der Waals surface area contributed by atoms with E-state index >= 15 is 0 Å². The number of hydrogen-bond donors (Lipinski definition) is 0. The monoisotopic (exact) mass is 444 g/mol. The van der Waals surface area contributed by atoms with Crippen LogP contribution in [0.2, 0.25) is 0 Å².